The largest absolute Gasteiger partial charge is 0.313 e. The van der Waals surface area contributed by atoms with Crippen LogP contribution in [0.1, 0.15) is 64.6 Å². The molecule has 0 radical (unpaired) electrons. The lowest BCUT2D eigenvalue weighted by atomic mass is 9.74. The molecule has 0 N–H and O–H groups in total. The predicted octanol–water partition coefficient (Wildman–Crippen LogP) is 7.84. The van der Waals surface area contributed by atoms with E-state index >= 15 is 0 Å². The number of pyridine rings is 1. The van der Waals surface area contributed by atoms with Crippen LogP contribution in [0.3, 0.4) is 0 Å². The minimum Gasteiger partial charge on any atom is -0.313 e. The molecule has 2 aromatic carbocycles. The van der Waals surface area contributed by atoms with Crippen molar-refractivity contribution < 1.29 is 0 Å². The molecule has 2 aliphatic heterocycles. The van der Waals surface area contributed by atoms with E-state index in [0.29, 0.717) is 5.92 Å². The van der Waals surface area contributed by atoms with Gasteiger partial charge in [-0.3, -0.25) is 4.90 Å². The van der Waals surface area contributed by atoms with Crippen molar-refractivity contribution in [2.45, 2.75) is 65.0 Å². The Kier molecular flexibility index (Phi) is 5.08. The van der Waals surface area contributed by atoms with Gasteiger partial charge in [-0.15, -0.1) is 0 Å². The maximum atomic E-state index is 5.24. The highest BCUT2D eigenvalue weighted by atomic mass is 15.4. The van der Waals surface area contributed by atoms with E-state index in [-0.39, 0.29) is 11.6 Å². The average molecular weight is 424 g/mol. The summed E-state index contributed by atoms with van der Waals surface area (Å²) in [5.74, 6) is 1.45. The summed E-state index contributed by atoms with van der Waals surface area (Å²) in [5.41, 5.74) is 7.60. The second-order valence-corrected chi connectivity index (χ2v) is 9.45. The van der Waals surface area contributed by atoms with E-state index in [1.54, 1.807) is 0 Å². The molecule has 0 saturated carbocycles. The van der Waals surface area contributed by atoms with Gasteiger partial charge in [0.25, 0.3) is 0 Å². The van der Waals surface area contributed by atoms with Gasteiger partial charge in [0.05, 0.1) is 5.69 Å². The Hall–Kier alpha value is -3.07. The summed E-state index contributed by atoms with van der Waals surface area (Å²) in [5, 5.41) is 0. The van der Waals surface area contributed by atoms with E-state index in [4.69, 9.17) is 4.98 Å². The van der Waals surface area contributed by atoms with E-state index in [0.717, 1.165) is 24.4 Å². The van der Waals surface area contributed by atoms with Gasteiger partial charge in [0.15, 0.2) is 5.82 Å². The van der Waals surface area contributed by atoms with Crippen molar-refractivity contribution in [2.24, 2.45) is 0 Å². The van der Waals surface area contributed by atoms with Crippen LogP contribution in [-0.4, -0.2) is 11.1 Å². The SMILES string of the molecule is CCC1(CC)C=C(C)C2N(c3ccccc3)c3ccc(C(C)C)nc3N2c2ccccc21. The van der Waals surface area contributed by atoms with Crippen molar-refractivity contribution in [2.75, 3.05) is 9.80 Å². The van der Waals surface area contributed by atoms with E-state index in [1.165, 1.54) is 28.2 Å². The zero-order valence-corrected chi connectivity index (χ0v) is 19.8. The van der Waals surface area contributed by atoms with Crippen molar-refractivity contribution in [1.29, 1.82) is 0 Å². The summed E-state index contributed by atoms with van der Waals surface area (Å²) >= 11 is 0. The summed E-state index contributed by atoms with van der Waals surface area (Å²) in [6.07, 6.45) is 4.77. The molecule has 3 heterocycles. The first kappa shape index (κ1) is 20.8. The van der Waals surface area contributed by atoms with Crippen LogP contribution in [0.2, 0.25) is 0 Å². The van der Waals surface area contributed by atoms with E-state index < -0.39 is 0 Å². The number of rotatable bonds is 4. The molecule has 0 spiro atoms. The highest BCUT2D eigenvalue weighted by Gasteiger charge is 2.45. The predicted molar refractivity (Wildman–Crippen MR) is 135 cm³/mol. The van der Waals surface area contributed by atoms with Gasteiger partial charge in [0.1, 0.15) is 6.17 Å². The molecule has 1 unspecified atom stereocenters. The highest BCUT2D eigenvalue weighted by Crippen LogP contribution is 2.54. The van der Waals surface area contributed by atoms with Crippen LogP contribution < -0.4 is 9.80 Å². The van der Waals surface area contributed by atoms with Crippen LogP contribution in [0.5, 0.6) is 0 Å². The molecule has 32 heavy (non-hydrogen) atoms. The normalized spacial score (nSPS) is 18.7. The number of nitrogens with zero attached hydrogens (tertiary/aromatic N) is 3. The third-order valence-corrected chi connectivity index (χ3v) is 7.35. The molecule has 0 aliphatic carbocycles. The number of hydrogen-bond donors (Lipinski definition) is 0. The lowest BCUT2D eigenvalue weighted by Gasteiger charge is -2.33. The van der Waals surface area contributed by atoms with Crippen LogP contribution in [0.15, 0.2) is 78.4 Å². The van der Waals surface area contributed by atoms with Gasteiger partial charge in [0.2, 0.25) is 0 Å². The standard InChI is InChI=1S/C29H33N3/c1-6-29(7-2)19-21(5)28-31(22-13-9-8-10-14-22)26-18-17-24(20(3)4)30-27(26)32(28)25-16-12-11-15-23(25)29/h8-20,28H,6-7H2,1-5H3. The maximum absolute atomic E-state index is 5.24. The third kappa shape index (κ3) is 2.98. The maximum Gasteiger partial charge on any atom is 0.159 e. The Morgan fingerprint density at radius 3 is 2.22 bits per heavy atom. The fourth-order valence-electron chi connectivity index (χ4n) is 5.56. The number of aromatic nitrogens is 1. The molecular weight excluding hydrogens is 390 g/mol. The van der Waals surface area contributed by atoms with Gasteiger partial charge >= 0.3 is 0 Å². The summed E-state index contributed by atoms with van der Waals surface area (Å²) in [7, 11) is 0. The monoisotopic (exact) mass is 423 g/mol. The van der Waals surface area contributed by atoms with Crippen LogP contribution in [0.25, 0.3) is 0 Å². The van der Waals surface area contributed by atoms with Gasteiger partial charge < -0.3 is 4.90 Å². The van der Waals surface area contributed by atoms with Gasteiger partial charge in [-0.2, -0.15) is 0 Å². The van der Waals surface area contributed by atoms with Crippen molar-refractivity contribution in [3.05, 3.63) is 89.6 Å². The summed E-state index contributed by atoms with van der Waals surface area (Å²) < 4.78 is 0. The van der Waals surface area contributed by atoms with Crippen LogP contribution in [0, 0.1) is 0 Å². The number of para-hydroxylation sites is 2. The molecule has 0 amide bonds. The van der Waals surface area contributed by atoms with Gasteiger partial charge in [-0.05, 0) is 67.2 Å². The first-order chi connectivity index (χ1) is 15.5. The number of allylic oxidation sites excluding steroid dienone is 1. The molecule has 1 atom stereocenters. The second-order valence-electron chi connectivity index (χ2n) is 9.45. The Labute approximate surface area is 192 Å². The Morgan fingerprint density at radius 1 is 0.844 bits per heavy atom. The Balaban J connectivity index is 1.84. The van der Waals surface area contributed by atoms with Gasteiger partial charge in [-0.1, -0.05) is 70.2 Å². The first-order valence-corrected chi connectivity index (χ1v) is 11.9. The molecule has 2 aliphatic rings. The summed E-state index contributed by atoms with van der Waals surface area (Å²) in [4.78, 5) is 10.2. The van der Waals surface area contributed by atoms with Gasteiger partial charge in [0, 0.05) is 22.5 Å². The molecule has 0 fully saturated rings. The molecule has 1 aromatic heterocycles. The zero-order chi connectivity index (χ0) is 22.5. The number of benzene rings is 2. The van der Waals surface area contributed by atoms with E-state index in [2.05, 4.69) is 117 Å². The van der Waals surface area contributed by atoms with Gasteiger partial charge in [-0.25, -0.2) is 4.98 Å². The fourth-order valence-corrected chi connectivity index (χ4v) is 5.56. The summed E-state index contributed by atoms with van der Waals surface area (Å²) in [6.45, 7) is 11.4. The number of hydrogen-bond acceptors (Lipinski definition) is 3. The van der Waals surface area contributed by atoms with Crippen molar-refractivity contribution in [3.8, 4) is 0 Å². The molecule has 0 bridgehead atoms. The Bertz CT molecular complexity index is 1160. The lowest BCUT2D eigenvalue weighted by Crippen LogP contribution is -2.39. The van der Waals surface area contributed by atoms with Crippen molar-refractivity contribution in [3.63, 3.8) is 0 Å². The minimum atomic E-state index is 0.0309. The molecule has 3 heteroatoms. The smallest absolute Gasteiger partial charge is 0.159 e. The quantitative estimate of drug-likeness (QED) is 0.398. The molecule has 5 rings (SSSR count). The highest BCUT2D eigenvalue weighted by molar-refractivity contribution is 5.89. The number of anilines is 4. The number of fused-ring (bicyclic) bond motifs is 5. The van der Waals surface area contributed by atoms with Crippen molar-refractivity contribution in [1.82, 2.24) is 4.98 Å². The van der Waals surface area contributed by atoms with Crippen molar-refractivity contribution >= 4 is 22.9 Å². The van der Waals surface area contributed by atoms with Crippen LogP contribution in [0.4, 0.5) is 22.9 Å². The minimum absolute atomic E-state index is 0.0309. The molecule has 3 nitrogen and oxygen atoms in total. The van der Waals surface area contributed by atoms with E-state index in [1.807, 2.05) is 0 Å². The lowest BCUT2D eigenvalue weighted by molar-refractivity contribution is 0.497. The molecule has 3 aromatic rings. The van der Waals surface area contributed by atoms with Crippen LogP contribution >= 0.6 is 0 Å². The summed E-state index contributed by atoms with van der Waals surface area (Å²) in [6, 6.07) is 24.2. The zero-order valence-electron chi connectivity index (χ0n) is 19.8. The second kappa shape index (κ2) is 7.81. The topological polar surface area (TPSA) is 19.4 Å². The Morgan fingerprint density at radius 2 is 1.53 bits per heavy atom. The third-order valence-electron chi connectivity index (χ3n) is 7.35. The van der Waals surface area contributed by atoms with E-state index in [9.17, 15) is 0 Å². The first-order valence-electron chi connectivity index (χ1n) is 11.9. The molecular formula is C29H33N3. The molecule has 0 saturated heterocycles. The fraction of sp³-hybridized carbons (Fsp3) is 0.345. The average Bonchev–Trinajstić information content (AvgIpc) is 3.12. The molecule has 164 valence electrons. The van der Waals surface area contributed by atoms with Crippen LogP contribution in [-0.2, 0) is 5.41 Å².